The lowest BCUT2D eigenvalue weighted by atomic mass is 9.89. The maximum absolute atomic E-state index is 6.12. The molecule has 0 aromatic rings. The summed E-state index contributed by atoms with van der Waals surface area (Å²) in [5.74, 6) is 0.653. The summed E-state index contributed by atoms with van der Waals surface area (Å²) < 4.78 is 5.93. The van der Waals surface area contributed by atoms with Gasteiger partial charge in [0.1, 0.15) is 0 Å². The average molecular weight is 234 g/mol. The molecule has 0 saturated carbocycles. The standard InChI is InChI=1S/C12H24ClNO/c1-3-5-11(15-8-4-2)10-6-7-14-12(13)9-10/h10-12,14H,3-9H2,1-2H3. The largest absolute Gasteiger partial charge is 0.378 e. The van der Waals surface area contributed by atoms with E-state index in [2.05, 4.69) is 19.2 Å². The van der Waals surface area contributed by atoms with Crippen LogP contribution in [-0.4, -0.2) is 24.8 Å². The van der Waals surface area contributed by atoms with Gasteiger partial charge in [0.15, 0.2) is 0 Å². The maximum Gasteiger partial charge on any atom is 0.0829 e. The first-order valence-electron chi connectivity index (χ1n) is 6.27. The summed E-state index contributed by atoms with van der Waals surface area (Å²) in [4.78, 5) is 0. The Morgan fingerprint density at radius 3 is 2.80 bits per heavy atom. The Morgan fingerprint density at radius 1 is 1.40 bits per heavy atom. The highest BCUT2D eigenvalue weighted by Gasteiger charge is 2.27. The van der Waals surface area contributed by atoms with Crippen molar-refractivity contribution in [2.45, 2.75) is 57.6 Å². The van der Waals surface area contributed by atoms with Crippen molar-refractivity contribution in [2.24, 2.45) is 5.92 Å². The van der Waals surface area contributed by atoms with Crippen molar-refractivity contribution in [3.05, 3.63) is 0 Å². The van der Waals surface area contributed by atoms with Crippen LogP contribution in [0.3, 0.4) is 0 Å². The highest BCUT2D eigenvalue weighted by molar-refractivity contribution is 6.20. The molecule has 90 valence electrons. The van der Waals surface area contributed by atoms with Crippen molar-refractivity contribution in [2.75, 3.05) is 13.2 Å². The predicted octanol–water partition coefficient (Wildman–Crippen LogP) is 3.15. The molecule has 3 atom stereocenters. The number of alkyl halides is 1. The summed E-state index contributed by atoms with van der Waals surface area (Å²) in [7, 11) is 0. The summed E-state index contributed by atoms with van der Waals surface area (Å²) in [6, 6.07) is 0. The van der Waals surface area contributed by atoms with Crippen LogP contribution in [0.4, 0.5) is 0 Å². The molecule has 0 bridgehead atoms. The van der Waals surface area contributed by atoms with E-state index in [1.54, 1.807) is 0 Å². The molecule has 2 nitrogen and oxygen atoms in total. The molecule has 1 heterocycles. The molecule has 0 aromatic heterocycles. The van der Waals surface area contributed by atoms with Crippen molar-refractivity contribution < 1.29 is 4.74 Å². The topological polar surface area (TPSA) is 21.3 Å². The Balaban J connectivity index is 2.38. The van der Waals surface area contributed by atoms with E-state index < -0.39 is 0 Å². The zero-order valence-electron chi connectivity index (χ0n) is 9.97. The van der Waals surface area contributed by atoms with Crippen LogP contribution in [0, 0.1) is 5.92 Å². The lowest BCUT2D eigenvalue weighted by molar-refractivity contribution is -0.00433. The van der Waals surface area contributed by atoms with Crippen LogP contribution in [0.25, 0.3) is 0 Å². The fourth-order valence-corrected chi connectivity index (χ4v) is 2.58. The smallest absolute Gasteiger partial charge is 0.0829 e. The van der Waals surface area contributed by atoms with Crippen molar-refractivity contribution >= 4 is 11.6 Å². The van der Waals surface area contributed by atoms with E-state index in [1.807, 2.05) is 0 Å². The molecule has 3 heteroatoms. The van der Waals surface area contributed by atoms with Gasteiger partial charge in [-0.3, -0.25) is 0 Å². The van der Waals surface area contributed by atoms with E-state index in [0.717, 1.165) is 26.0 Å². The molecule has 3 unspecified atom stereocenters. The zero-order valence-corrected chi connectivity index (χ0v) is 10.7. The Bertz CT molecular complexity index is 166. The number of hydrogen-bond acceptors (Lipinski definition) is 2. The summed E-state index contributed by atoms with van der Waals surface area (Å²) in [6.45, 7) is 6.31. The molecule has 1 N–H and O–H groups in total. The minimum absolute atomic E-state index is 0.147. The molecule has 15 heavy (non-hydrogen) atoms. The van der Waals surface area contributed by atoms with E-state index in [-0.39, 0.29) is 5.50 Å². The monoisotopic (exact) mass is 233 g/mol. The lowest BCUT2D eigenvalue weighted by Gasteiger charge is -2.33. The molecular formula is C12H24ClNO. The predicted molar refractivity (Wildman–Crippen MR) is 65.3 cm³/mol. The fraction of sp³-hybridized carbons (Fsp3) is 1.00. The number of piperidine rings is 1. The van der Waals surface area contributed by atoms with Gasteiger partial charge < -0.3 is 10.1 Å². The van der Waals surface area contributed by atoms with Gasteiger partial charge in [0.2, 0.25) is 0 Å². The summed E-state index contributed by atoms with van der Waals surface area (Å²) in [5, 5.41) is 3.27. The van der Waals surface area contributed by atoms with Crippen LogP contribution in [0.2, 0.25) is 0 Å². The maximum atomic E-state index is 6.12. The van der Waals surface area contributed by atoms with Gasteiger partial charge in [0.25, 0.3) is 0 Å². The van der Waals surface area contributed by atoms with Crippen molar-refractivity contribution in [3.63, 3.8) is 0 Å². The molecule has 0 aromatic carbocycles. The van der Waals surface area contributed by atoms with Gasteiger partial charge in [0.05, 0.1) is 11.6 Å². The molecule has 1 aliphatic heterocycles. The number of ether oxygens (including phenoxy) is 1. The number of rotatable bonds is 6. The Kier molecular flexibility index (Phi) is 6.62. The first kappa shape index (κ1) is 13.3. The van der Waals surface area contributed by atoms with Crippen LogP contribution in [-0.2, 0) is 4.74 Å². The summed E-state index contributed by atoms with van der Waals surface area (Å²) in [5.41, 5.74) is 0.147. The number of nitrogens with one attached hydrogen (secondary N) is 1. The molecule has 0 radical (unpaired) electrons. The third kappa shape index (κ3) is 4.71. The van der Waals surface area contributed by atoms with E-state index in [0.29, 0.717) is 12.0 Å². The van der Waals surface area contributed by atoms with Crippen LogP contribution in [0.1, 0.15) is 46.0 Å². The van der Waals surface area contributed by atoms with E-state index >= 15 is 0 Å². The van der Waals surface area contributed by atoms with E-state index in [4.69, 9.17) is 16.3 Å². The van der Waals surface area contributed by atoms with Gasteiger partial charge in [0, 0.05) is 6.61 Å². The van der Waals surface area contributed by atoms with Gasteiger partial charge >= 0.3 is 0 Å². The van der Waals surface area contributed by atoms with Crippen LogP contribution in [0.15, 0.2) is 0 Å². The molecule has 0 aliphatic carbocycles. The van der Waals surface area contributed by atoms with Crippen LogP contribution < -0.4 is 5.32 Å². The normalized spacial score (nSPS) is 29.0. The Morgan fingerprint density at radius 2 is 2.20 bits per heavy atom. The highest BCUT2D eigenvalue weighted by Crippen LogP contribution is 2.26. The summed E-state index contributed by atoms with van der Waals surface area (Å²) >= 11 is 6.12. The fourth-order valence-electron chi connectivity index (χ4n) is 2.24. The first-order chi connectivity index (χ1) is 7.27. The van der Waals surface area contributed by atoms with E-state index in [9.17, 15) is 0 Å². The molecule has 1 saturated heterocycles. The molecular weight excluding hydrogens is 210 g/mol. The quantitative estimate of drug-likeness (QED) is 0.562. The third-order valence-corrected chi connectivity index (χ3v) is 3.36. The SMILES string of the molecule is CCCOC(CCC)C1CCNC(Cl)C1. The second kappa shape index (κ2) is 7.48. The highest BCUT2D eigenvalue weighted by atomic mass is 35.5. The third-order valence-electron chi connectivity index (χ3n) is 3.03. The van der Waals surface area contributed by atoms with Crippen molar-refractivity contribution in [3.8, 4) is 0 Å². The van der Waals surface area contributed by atoms with Crippen LogP contribution >= 0.6 is 11.6 Å². The Hall–Kier alpha value is 0.210. The van der Waals surface area contributed by atoms with E-state index in [1.165, 1.54) is 19.3 Å². The number of halogens is 1. The van der Waals surface area contributed by atoms with Gasteiger partial charge in [-0.05, 0) is 38.1 Å². The van der Waals surface area contributed by atoms with Crippen molar-refractivity contribution in [1.29, 1.82) is 0 Å². The Labute approximate surface area is 98.7 Å². The molecule has 0 amide bonds. The minimum atomic E-state index is 0.147. The minimum Gasteiger partial charge on any atom is -0.378 e. The molecule has 0 spiro atoms. The van der Waals surface area contributed by atoms with Crippen LogP contribution in [0.5, 0.6) is 0 Å². The molecule has 1 aliphatic rings. The summed E-state index contributed by atoms with van der Waals surface area (Å²) in [6.07, 6.45) is 6.17. The molecule has 1 rings (SSSR count). The van der Waals surface area contributed by atoms with Crippen molar-refractivity contribution in [1.82, 2.24) is 5.32 Å². The van der Waals surface area contributed by atoms with Gasteiger partial charge in [-0.15, -0.1) is 11.6 Å². The second-order valence-corrected chi connectivity index (χ2v) is 4.93. The number of hydrogen-bond donors (Lipinski definition) is 1. The van der Waals surface area contributed by atoms with Gasteiger partial charge in [-0.1, -0.05) is 20.3 Å². The molecule has 1 fully saturated rings. The second-order valence-electron chi connectivity index (χ2n) is 4.40. The zero-order chi connectivity index (χ0) is 11.1. The first-order valence-corrected chi connectivity index (χ1v) is 6.70. The van der Waals surface area contributed by atoms with Gasteiger partial charge in [-0.2, -0.15) is 0 Å². The average Bonchev–Trinajstić information content (AvgIpc) is 2.24. The van der Waals surface area contributed by atoms with Gasteiger partial charge in [-0.25, -0.2) is 0 Å². The lowest BCUT2D eigenvalue weighted by Crippen LogP contribution is -2.39.